The molecule has 1 aliphatic rings. The standard InChI is InChI=1S/C14H22N2O3S/c1-4-18-13(17)14(6-5-7-14)12-15-11(16-19-12)9-20-8-10(2)3/h10H,4-9H2,1-3H3. The maximum atomic E-state index is 12.1. The average Bonchev–Trinajstić information content (AvgIpc) is 2.76. The average molecular weight is 298 g/mol. The van der Waals surface area contributed by atoms with E-state index in [9.17, 15) is 4.79 Å². The number of rotatable bonds is 7. The Morgan fingerprint density at radius 1 is 1.50 bits per heavy atom. The largest absolute Gasteiger partial charge is 0.465 e. The van der Waals surface area contributed by atoms with Gasteiger partial charge in [0.1, 0.15) is 5.41 Å². The van der Waals surface area contributed by atoms with Crippen LogP contribution >= 0.6 is 11.8 Å². The first-order valence-corrected chi connectivity index (χ1v) is 8.32. The zero-order valence-corrected chi connectivity index (χ0v) is 13.2. The number of hydrogen-bond acceptors (Lipinski definition) is 6. The number of esters is 1. The minimum absolute atomic E-state index is 0.226. The van der Waals surface area contributed by atoms with Crippen molar-refractivity contribution in [1.82, 2.24) is 10.1 Å². The summed E-state index contributed by atoms with van der Waals surface area (Å²) in [4.78, 5) is 16.5. The number of aromatic nitrogens is 2. The molecule has 0 radical (unpaired) electrons. The highest BCUT2D eigenvalue weighted by Crippen LogP contribution is 2.44. The van der Waals surface area contributed by atoms with E-state index in [2.05, 4.69) is 24.0 Å². The van der Waals surface area contributed by atoms with Gasteiger partial charge in [-0.2, -0.15) is 16.7 Å². The normalized spacial score (nSPS) is 17.0. The number of hydrogen-bond donors (Lipinski definition) is 0. The summed E-state index contributed by atoms with van der Waals surface area (Å²) in [6, 6.07) is 0. The molecular weight excluding hydrogens is 276 g/mol. The first-order valence-electron chi connectivity index (χ1n) is 7.16. The third-order valence-electron chi connectivity index (χ3n) is 3.43. The predicted octanol–water partition coefficient (Wildman–Crippen LogP) is 2.94. The molecule has 20 heavy (non-hydrogen) atoms. The minimum Gasteiger partial charge on any atom is -0.465 e. The van der Waals surface area contributed by atoms with Gasteiger partial charge in [-0.3, -0.25) is 4.79 Å². The van der Waals surface area contributed by atoms with Crippen molar-refractivity contribution < 1.29 is 14.1 Å². The van der Waals surface area contributed by atoms with Gasteiger partial charge >= 0.3 is 5.97 Å². The van der Waals surface area contributed by atoms with Crippen molar-refractivity contribution in [2.24, 2.45) is 5.92 Å². The highest BCUT2D eigenvalue weighted by atomic mass is 32.2. The molecule has 5 nitrogen and oxygen atoms in total. The zero-order valence-electron chi connectivity index (χ0n) is 12.3. The molecule has 1 aromatic heterocycles. The molecule has 0 aliphatic heterocycles. The van der Waals surface area contributed by atoms with E-state index >= 15 is 0 Å². The molecule has 1 fully saturated rings. The molecule has 0 bridgehead atoms. The Balaban J connectivity index is 2.01. The van der Waals surface area contributed by atoms with Gasteiger partial charge < -0.3 is 9.26 Å². The summed E-state index contributed by atoms with van der Waals surface area (Å²) in [6.07, 6.45) is 2.48. The monoisotopic (exact) mass is 298 g/mol. The number of nitrogens with zero attached hydrogens (tertiary/aromatic N) is 2. The zero-order chi connectivity index (χ0) is 14.6. The summed E-state index contributed by atoms with van der Waals surface area (Å²) in [5.41, 5.74) is -0.677. The third-order valence-corrected chi connectivity index (χ3v) is 4.80. The Morgan fingerprint density at radius 2 is 2.25 bits per heavy atom. The second-order valence-electron chi connectivity index (χ2n) is 5.58. The Morgan fingerprint density at radius 3 is 2.80 bits per heavy atom. The van der Waals surface area contributed by atoms with Crippen LogP contribution in [-0.4, -0.2) is 28.5 Å². The molecule has 1 aromatic rings. The van der Waals surface area contributed by atoms with Crippen LogP contribution in [0.2, 0.25) is 0 Å². The lowest BCUT2D eigenvalue weighted by Crippen LogP contribution is -2.44. The van der Waals surface area contributed by atoms with Crippen molar-refractivity contribution in [2.75, 3.05) is 12.4 Å². The molecule has 1 aliphatic carbocycles. The molecule has 0 amide bonds. The number of thioether (sulfide) groups is 1. The smallest absolute Gasteiger partial charge is 0.321 e. The molecular formula is C14H22N2O3S. The number of carbonyl (C=O) groups excluding carboxylic acids is 1. The highest BCUT2D eigenvalue weighted by Gasteiger charge is 2.51. The van der Waals surface area contributed by atoms with E-state index in [1.165, 1.54) is 0 Å². The van der Waals surface area contributed by atoms with Gasteiger partial charge in [-0.25, -0.2) is 0 Å². The van der Waals surface area contributed by atoms with Crippen molar-refractivity contribution in [3.63, 3.8) is 0 Å². The van der Waals surface area contributed by atoms with Gasteiger partial charge in [-0.05, 0) is 31.4 Å². The molecule has 1 saturated carbocycles. The lowest BCUT2D eigenvalue weighted by atomic mass is 9.68. The van der Waals surface area contributed by atoms with Crippen LogP contribution in [0.1, 0.15) is 51.7 Å². The Bertz CT molecular complexity index is 455. The molecule has 6 heteroatoms. The van der Waals surface area contributed by atoms with Gasteiger partial charge in [0.05, 0.1) is 12.4 Å². The second kappa shape index (κ2) is 6.61. The highest BCUT2D eigenvalue weighted by molar-refractivity contribution is 7.98. The van der Waals surface area contributed by atoms with Gasteiger partial charge in [0.25, 0.3) is 0 Å². The molecule has 0 spiro atoms. The van der Waals surface area contributed by atoms with Crippen LogP contribution in [-0.2, 0) is 20.7 Å². The van der Waals surface area contributed by atoms with E-state index < -0.39 is 5.41 Å². The van der Waals surface area contributed by atoms with E-state index in [-0.39, 0.29) is 5.97 Å². The Labute approximate surface area is 123 Å². The van der Waals surface area contributed by atoms with Gasteiger partial charge in [0.2, 0.25) is 5.89 Å². The topological polar surface area (TPSA) is 65.2 Å². The van der Waals surface area contributed by atoms with Crippen LogP contribution < -0.4 is 0 Å². The fraction of sp³-hybridized carbons (Fsp3) is 0.786. The number of carbonyl (C=O) groups is 1. The molecule has 0 saturated heterocycles. The first kappa shape index (κ1) is 15.4. The first-order chi connectivity index (χ1) is 9.58. The minimum atomic E-state index is -0.677. The van der Waals surface area contributed by atoms with Crippen molar-refractivity contribution >= 4 is 17.7 Å². The summed E-state index contributed by atoms with van der Waals surface area (Å²) in [7, 11) is 0. The molecule has 0 N–H and O–H groups in total. The van der Waals surface area contributed by atoms with Crippen molar-refractivity contribution in [1.29, 1.82) is 0 Å². The third kappa shape index (κ3) is 3.16. The van der Waals surface area contributed by atoms with Crippen LogP contribution in [0.5, 0.6) is 0 Å². The van der Waals surface area contributed by atoms with E-state index in [0.29, 0.717) is 24.2 Å². The molecule has 112 valence electrons. The second-order valence-corrected chi connectivity index (χ2v) is 6.61. The van der Waals surface area contributed by atoms with E-state index in [1.807, 2.05) is 6.92 Å². The Hall–Kier alpha value is -1.04. The van der Waals surface area contributed by atoms with E-state index in [4.69, 9.17) is 9.26 Å². The summed E-state index contributed by atoms with van der Waals surface area (Å²) in [6.45, 7) is 6.55. The quantitative estimate of drug-likeness (QED) is 0.721. The summed E-state index contributed by atoms with van der Waals surface area (Å²) in [5.74, 6) is 3.30. The maximum Gasteiger partial charge on any atom is 0.321 e. The van der Waals surface area contributed by atoms with Gasteiger partial charge in [0, 0.05) is 0 Å². The number of ether oxygens (including phenoxy) is 1. The maximum absolute atomic E-state index is 12.1. The lowest BCUT2D eigenvalue weighted by Gasteiger charge is -2.35. The van der Waals surface area contributed by atoms with Gasteiger partial charge in [-0.1, -0.05) is 25.4 Å². The van der Waals surface area contributed by atoms with Crippen LogP contribution in [0.15, 0.2) is 4.52 Å². The van der Waals surface area contributed by atoms with E-state index in [1.54, 1.807) is 11.8 Å². The van der Waals surface area contributed by atoms with Gasteiger partial charge in [-0.15, -0.1) is 0 Å². The van der Waals surface area contributed by atoms with Crippen molar-refractivity contribution in [3.8, 4) is 0 Å². The molecule has 2 rings (SSSR count). The summed E-state index contributed by atoms with van der Waals surface area (Å²) in [5, 5.41) is 3.99. The molecule has 0 aromatic carbocycles. The molecule has 1 heterocycles. The fourth-order valence-corrected chi connectivity index (χ4v) is 3.09. The fourth-order valence-electron chi connectivity index (χ4n) is 2.20. The lowest BCUT2D eigenvalue weighted by molar-refractivity contribution is -0.155. The molecule has 0 unspecified atom stereocenters. The summed E-state index contributed by atoms with van der Waals surface area (Å²) < 4.78 is 10.5. The Kier molecular flexibility index (Phi) is 5.07. The van der Waals surface area contributed by atoms with Gasteiger partial charge in [0.15, 0.2) is 5.82 Å². The van der Waals surface area contributed by atoms with Crippen LogP contribution in [0.4, 0.5) is 0 Å². The summed E-state index contributed by atoms with van der Waals surface area (Å²) >= 11 is 1.78. The SMILES string of the molecule is CCOC(=O)C1(c2nc(CSCC(C)C)no2)CCC1. The molecule has 0 atom stereocenters. The van der Waals surface area contributed by atoms with Crippen LogP contribution in [0.25, 0.3) is 0 Å². The predicted molar refractivity (Wildman–Crippen MR) is 77.5 cm³/mol. The van der Waals surface area contributed by atoms with Crippen LogP contribution in [0.3, 0.4) is 0 Å². The van der Waals surface area contributed by atoms with Crippen molar-refractivity contribution in [2.45, 2.75) is 51.2 Å². The van der Waals surface area contributed by atoms with E-state index in [0.717, 1.165) is 30.8 Å². The van der Waals surface area contributed by atoms with Crippen molar-refractivity contribution in [3.05, 3.63) is 11.7 Å². The van der Waals surface area contributed by atoms with Crippen LogP contribution in [0, 0.1) is 5.92 Å².